The monoisotopic (exact) mass is 334 g/mol. The van der Waals surface area contributed by atoms with Crippen LogP contribution in [0.15, 0.2) is 41.0 Å². The summed E-state index contributed by atoms with van der Waals surface area (Å²) in [4.78, 5) is 0. The molecule has 0 amide bonds. The molecule has 0 bridgehead atoms. The standard InChI is InChI=1S/C13H10ClF3N2OS/c14-8-3-4-11(10(6-8)13(15,16)17)19-12(21)18-7-9-2-1-5-20-9/h1-6H,7H2,(H2,18,19,21). The molecule has 21 heavy (non-hydrogen) atoms. The van der Waals surface area contributed by atoms with Crippen LogP contribution >= 0.6 is 23.8 Å². The maximum Gasteiger partial charge on any atom is 0.418 e. The number of halogens is 4. The SMILES string of the molecule is FC(F)(F)c1cc(Cl)ccc1NC(=S)NCc1ccco1. The molecule has 0 aliphatic heterocycles. The van der Waals surface area contributed by atoms with Gasteiger partial charge >= 0.3 is 6.18 Å². The Morgan fingerprint density at radius 2 is 2.05 bits per heavy atom. The van der Waals surface area contributed by atoms with Crippen LogP contribution in [0.5, 0.6) is 0 Å². The number of benzene rings is 1. The maximum atomic E-state index is 12.9. The topological polar surface area (TPSA) is 37.2 Å². The lowest BCUT2D eigenvalue weighted by atomic mass is 10.1. The van der Waals surface area contributed by atoms with E-state index in [0.29, 0.717) is 5.76 Å². The van der Waals surface area contributed by atoms with Gasteiger partial charge in [0, 0.05) is 5.02 Å². The van der Waals surface area contributed by atoms with Gasteiger partial charge in [-0.3, -0.25) is 0 Å². The van der Waals surface area contributed by atoms with Crippen LogP contribution in [0, 0.1) is 0 Å². The Kier molecular flexibility index (Phi) is 4.74. The van der Waals surface area contributed by atoms with Crippen LogP contribution in [0.1, 0.15) is 11.3 Å². The molecule has 3 nitrogen and oxygen atoms in total. The lowest BCUT2D eigenvalue weighted by Gasteiger charge is -2.16. The van der Waals surface area contributed by atoms with Crippen molar-refractivity contribution in [2.45, 2.75) is 12.7 Å². The molecule has 8 heteroatoms. The van der Waals surface area contributed by atoms with Crippen molar-refractivity contribution in [2.24, 2.45) is 0 Å². The molecular weight excluding hydrogens is 325 g/mol. The molecule has 112 valence electrons. The van der Waals surface area contributed by atoms with Gasteiger partial charge in [0.1, 0.15) is 5.76 Å². The number of furan rings is 1. The number of hydrogen-bond donors (Lipinski definition) is 2. The van der Waals surface area contributed by atoms with Gasteiger partial charge in [-0.05, 0) is 42.5 Å². The Balaban J connectivity index is 2.06. The van der Waals surface area contributed by atoms with E-state index in [2.05, 4.69) is 10.6 Å². The number of hydrogen-bond acceptors (Lipinski definition) is 2. The molecule has 0 saturated carbocycles. The Morgan fingerprint density at radius 3 is 2.67 bits per heavy atom. The summed E-state index contributed by atoms with van der Waals surface area (Å²) in [5.41, 5.74) is -1.04. The van der Waals surface area contributed by atoms with Crippen LogP contribution in [0.3, 0.4) is 0 Å². The molecular formula is C13H10ClF3N2OS. The van der Waals surface area contributed by atoms with E-state index in [0.717, 1.165) is 6.07 Å². The van der Waals surface area contributed by atoms with Crippen molar-refractivity contribution in [3.63, 3.8) is 0 Å². The third-order valence-electron chi connectivity index (χ3n) is 2.54. The first-order chi connectivity index (χ1) is 9.86. The van der Waals surface area contributed by atoms with E-state index < -0.39 is 11.7 Å². The summed E-state index contributed by atoms with van der Waals surface area (Å²) in [5.74, 6) is 0.617. The van der Waals surface area contributed by atoms with E-state index >= 15 is 0 Å². The smallest absolute Gasteiger partial charge is 0.418 e. The fourth-order valence-corrected chi connectivity index (χ4v) is 1.96. The van der Waals surface area contributed by atoms with Gasteiger partial charge in [0.2, 0.25) is 0 Å². The summed E-state index contributed by atoms with van der Waals surface area (Å²) in [5, 5.41) is 5.32. The average Bonchev–Trinajstić information content (AvgIpc) is 2.90. The van der Waals surface area contributed by atoms with Crippen LogP contribution in [0.25, 0.3) is 0 Å². The molecule has 1 aromatic carbocycles. The zero-order valence-electron chi connectivity index (χ0n) is 10.5. The van der Waals surface area contributed by atoms with Crippen molar-refractivity contribution in [1.82, 2.24) is 5.32 Å². The van der Waals surface area contributed by atoms with E-state index in [1.54, 1.807) is 12.1 Å². The number of thiocarbonyl (C=S) groups is 1. The van der Waals surface area contributed by atoms with Gasteiger partial charge in [-0.15, -0.1) is 0 Å². The van der Waals surface area contributed by atoms with Crippen molar-refractivity contribution in [3.8, 4) is 0 Å². The van der Waals surface area contributed by atoms with E-state index in [9.17, 15) is 13.2 Å². The molecule has 0 saturated heterocycles. The molecule has 2 aromatic rings. The number of anilines is 1. The van der Waals surface area contributed by atoms with Gasteiger partial charge in [0.05, 0.1) is 24.1 Å². The molecule has 2 N–H and O–H groups in total. The fourth-order valence-electron chi connectivity index (χ4n) is 1.61. The van der Waals surface area contributed by atoms with Crippen LogP contribution in [-0.2, 0) is 12.7 Å². The molecule has 0 fully saturated rings. The molecule has 0 aliphatic rings. The first-order valence-electron chi connectivity index (χ1n) is 5.80. The molecule has 0 radical (unpaired) electrons. The van der Waals surface area contributed by atoms with Gasteiger partial charge in [0.15, 0.2) is 5.11 Å². The highest BCUT2D eigenvalue weighted by Gasteiger charge is 2.34. The second-order valence-electron chi connectivity index (χ2n) is 4.07. The van der Waals surface area contributed by atoms with Crippen molar-refractivity contribution in [3.05, 3.63) is 52.9 Å². The van der Waals surface area contributed by atoms with E-state index in [-0.39, 0.29) is 22.4 Å². The van der Waals surface area contributed by atoms with E-state index in [1.807, 2.05) is 0 Å². The van der Waals surface area contributed by atoms with Crippen LogP contribution in [0.4, 0.5) is 18.9 Å². The minimum atomic E-state index is -4.52. The van der Waals surface area contributed by atoms with E-state index in [4.69, 9.17) is 28.2 Å². The van der Waals surface area contributed by atoms with E-state index in [1.165, 1.54) is 18.4 Å². The average molecular weight is 335 g/mol. The maximum absolute atomic E-state index is 12.9. The number of alkyl halides is 3. The highest BCUT2D eigenvalue weighted by molar-refractivity contribution is 7.80. The second-order valence-corrected chi connectivity index (χ2v) is 4.92. The fraction of sp³-hybridized carbons (Fsp3) is 0.154. The predicted molar refractivity (Wildman–Crippen MR) is 78.2 cm³/mol. The highest BCUT2D eigenvalue weighted by Crippen LogP contribution is 2.36. The van der Waals surface area contributed by atoms with Gasteiger partial charge in [-0.1, -0.05) is 11.6 Å². The minimum Gasteiger partial charge on any atom is -0.467 e. The summed E-state index contributed by atoms with van der Waals surface area (Å²) >= 11 is 10.6. The molecule has 0 atom stereocenters. The third-order valence-corrected chi connectivity index (χ3v) is 3.02. The summed E-state index contributed by atoms with van der Waals surface area (Å²) in [7, 11) is 0. The first-order valence-corrected chi connectivity index (χ1v) is 6.59. The lowest BCUT2D eigenvalue weighted by Crippen LogP contribution is -2.28. The number of nitrogens with one attached hydrogen (secondary N) is 2. The quantitative estimate of drug-likeness (QED) is 0.814. The first kappa shape index (κ1) is 15.7. The lowest BCUT2D eigenvalue weighted by molar-refractivity contribution is -0.136. The van der Waals surface area contributed by atoms with Crippen molar-refractivity contribution in [2.75, 3.05) is 5.32 Å². The normalized spacial score (nSPS) is 11.2. The summed E-state index contributed by atoms with van der Waals surface area (Å²) in [6.45, 7) is 0.272. The van der Waals surface area contributed by atoms with Crippen molar-refractivity contribution < 1.29 is 17.6 Å². The third kappa shape index (κ3) is 4.37. The minimum absolute atomic E-state index is 0.00216. The van der Waals surface area contributed by atoms with Crippen molar-refractivity contribution >= 4 is 34.6 Å². The molecule has 0 spiro atoms. The van der Waals surface area contributed by atoms with Gasteiger partial charge in [0.25, 0.3) is 0 Å². The number of rotatable bonds is 3. The summed E-state index contributed by atoms with van der Waals surface area (Å²) in [6.07, 6.45) is -3.03. The van der Waals surface area contributed by atoms with Gasteiger partial charge < -0.3 is 15.1 Å². The van der Waals surface area contributed by atoms with Crippen molar-refractivity contribution in [1.29, 1.82) is 0 Å². The molecule has 1 aromatic heterocycles. The van der Waals surface area contributed by atoms with Crippen LogP contribution in [0.2, 0.25) is 5.02 Å². The molecule has 2 rings (SSSR count). The zero-order valence-corrected chi connectivity index (χ0v) is 12.1. The summed E-state index contributed by atoms with van der Waals surface area (Å²) in [6, 6.07) is 6.85. The zero-order chi connectivity index (χ0) is 15.5. The summed E-state index contributed by atoms with van der Waals surface area (Å²) < 4.78 is 43.8. The molecule has 0 aliphatic carbocycles. The largest absolute Gasteiger partial charge is 0.467 e. The van der Waals surface area contributed by atoms with Crippen LogP contribution in [-0.4, -0.2) is 5.11 Å². The highest BCUT2D eigenvalue weighted by atomic mass is 35.5. The molecule has 1 heterocycles. The van der Waals surface area contributed by atoms with Gasteiger partial charge in [-0.2, -0.15) is 13.2 Å². The second kappa shape index (κ2) is 6.36. The Morgan fingerprint density at radius 1 is 1.29 bits per heavy atom. The van der Waals surface area contributed by atoms with Crippen LogP contribution < -0.4 is 10.6 Å². The Labute approximate surface area is 129 Å². The Bertz CT molecular complexity index is 629. The predicted octanol–water partition coefficient (Wildman–Crippen LogP) is 4.44. The Hall–Kier alpha value is -1.73. The molecule has 0 unspecified atom stereocenters. The van der Waals surface area contributed by atoms with Gasteiger partial charge in [-0.25, -0.2) is 0 Å².